The van der Waals surface area contributed by atoms with Gasteiger partial charge in [0.15, 0.2) is 0 Å². The van der Waals surface area contributed by atoms with Crippen LogP contribution in [0.2, 0.25) is 4.34 Å². The fraction of sp³-hybridized carbons (Fsp3) is 0.429. The highest BCUT2D eigenvalue weighted by molar-refractivity contribution is 7.15. The molecule has 1 aromatic heterocycles. The zero-order valence-corrected chi connectivity index (χ0v) is 7.95. The van der Waals surface area contributed by atoms with Crippen molar-refractivity contribution < 1.29 is 0 Å². The summed E-state index contributed by atoms with van der Waals surface area (Å²) in [4.78, 5) is 4.05. The summed E-state index contributed by atoms with van der Waals surface area (Å²) in [5.41, 5.74) is 0. The Kier molecular flexibility index (Phi) is 4.01. The van der Waals surface area contributed by atoms with Crippen molar-refractivity contribution in [2.45, 2.75) is 13.0 Å². The largest absolute Gasteiger partial charge is 0.309 e. The molecular weight excluding hydrogens is 194 g/mol. The lowest BCUT2D eigenvalue weighted by Gasteiger charge is -1.95. The van der Waals surface area contributed by atoms with Crippen LogP contribution in [0, 0.1) is 11.3 Å². The van der Waals surface area contributed by atoms with Gasteiger partial charge in [0.1, 0.15) is 9.34 Å². The van der Waals surface area contributed by atoms with Crippen LogP contribution in [0.1, 0.15) is 11.4 Å². The molecule has 0 aliphatic heterocycles. The average molecular weight is 202 g/mol. The smallest absolute Gasteiger partial charge is 0.113 e. The maximum absolute atomic E-state index is 8.24. The Bertz CT molecular complexity index is 278. The van der Waals surface area contributed by atoms with Crippen molar-refractivity contribution in [1.29, 1.82) is 5.26 Å². The molecule has 12 heavy (non-hydrogen) atoms. The second kappa shape index (κ2) is 5.09. The van der Waals surface area contributed by atoms with E-state index in [9.17, 15) is 0 Å². The summed E-state index contributed by atoms with van der Waals surface area (Å²) in [6.45, 7) is 1.40. The van der Waals surface area contributed by atoms with Crippen LogP contribution in [-0.4, -0.2) is 11.5 Å². The van der Waals surface area contributed by atoms with Gasteiger partial charge in [0.05, 0.1) is 12.3 Å². The molecule has 1 heterocycles. The Morgan fingerprint density at radius 2 is 2.58 bits per heavy atom. The number of rotatable bonds is 4. The quantitative estimate of drug-likeness (QED) is 0.756. The highest BCUT2D eigenvalue weighted by Gasteiger charge is 1.97. The lowest BCUT2D eigenvalue weighted by atomic mass is 10.4. The summed E-state index contributed by atoms with van der Waals surface area (Å²) in [6.07, 6.45) is 2.16. The normalized spacial score (nSPS) is 9.67. The van der Waals surface area contributed by atoms with E-state index in [2.05, 4.69) is 16.4 Å². The number of hydrogen-bond donors (Lipinski definition) is 1. The van der Waals surface area contributed by atoms with Crippen LogP contribution >= 0.6 is 22.9 Å². The van der Waals surface area contributed by atoms with Gasteiger partial charge in [-0.25, -0.2) is 4.98 Å². The second-order valence-electron chi connectivity index (χ2n) is 2.14. The molecule has 0 radical (unpaired) electrons. The van der Waals surface area contributed by atoms with Crippen LogP contribution in [0.15, 0.2) is 6.20 Å². The van der Waals surface area contributed by atoms with E-state index in [1.807, 2.05) is 0 Å². The van der Waals surface area contributed by atoms with Crippen molar-refractivity contribution in [2.24, 2.45) is 0 Å². The van der Waals surface area contributed by atoms with Gasteiger partial charge < -0.3 is 5.32 Å². The van der Waals surface area contributed by atoms with Crippen LogP contribution < -0.4 is 5.32 Å². The number of nitrogens with zero attached hydrogens (tertiary/aromatic N) is 2. The summed E-state index contributed by atoms with van der Waals surface area (Å²) in [5.74, 6) is 0. The zero-order chi connectivity index (χ0) is 8.81. The first-order valence-corrected chi connectivity index (χ1v) is 4.70. The molecule has 0 atom stereocenters. The van der Waals surface area contributed by atoms with E-state index < -0.39 is 0 Å². The minimum atomic E-state index is 0.527. The Morgan fingerprint density at radius 3 is 3.17 bits per heavy atom. The number of nitriles is 1. The molecule has 0 saturated carbocycles. The van der Waals surface area contributed by atoms with Gasteiger partial charge >= 0.3 is 0 Å². The van der Waals surface area contributed by atoms with E-state index in [1.165, 1.54) is 11.3 Å². The lowest BCUT2D eigenvalue weighted by Crippen LogP contribution is -2.13. The number of halogens is 1. The highest BCUT2D eigenvalue weighted by atomic mass is 35.5. The van der Waals surface area contributed by atoms with Gasteiger partial charge in [-0.1, -0.05) is 11.6 Å². The molecule has 1 N–H and O–H groups in total. The summed E-state index contributed by atoms with van der Waals surface area (Å²) < 4.78 is 0.701. The molecule has 0 aliphatic carbocycles. The molecule has 64 valence electrons. The number of aromatic nitrogens is 1. The average Bonchev–Trinajstić information content (AvgIpc) is 2.45. The van der Waals surface area contributed by atoms with Gasteiger partial charge in [-0.2, -0.15) is 5.26 Å². The standard InChI is InChI=1S/C7H8ClN3S/c8-6-4-11-7(12-6)5-10-3-1-2-9/h4,10H,1,3,5H2. The summed E-state index contributed by atoms with van der Waals surface area (Å²) in [7, 11) is 0. The molecule has 0 aliphatic rings. The first-order valence-electron chi connectivity index (χ1n) is 3.51. The van der Waals surface area contributed by atoms with Crippen molar-refractivity contribution in [1.82, 2.24) is 10.3 Å². The van der Waals surface area contributed by atoms with Crippen molar-refractivity contribution in [2.75, 3.05) is 6.54 Å². The van der Waals surface area contributed by atoms with E-state index in [0.29, 0.717) is 23.8 Å². The Labute approximate surface area is 80.0 Å². The minimum absolute atomic E-state index is 0.527. The summed E-state index contributed by atoms with van der Waals surface area (Å²) >= 11 is 7.13. The van der Waals surface area contributed by atoms with E-state index >= 15 is 0 Å². The fourth-order valence-electron chi connectivity index (χ4n) is 0.709. The van der Waals surface area contributed by atoms with Crippen LogP contribution in [0.4, 0.5) is 0 Å². The monoisotopic (exact) mass is 201 g/mol. The predicted octanol–water partition coefficient (Wildman–Crippen LogP) is 1.80. The van der Waals surface area contributed by atoms with E-state index in [-0.39, 0.29) is 0 Å². The zero-order valence-electron chi connectivity index (χ0n) is 6.38. The van der Waals surface area contributed by atoms with Crippen molar-refractivity contribution in [3.63, 3.8) is 0 Å². The number of nitrogens with one attached hydrogen (secondary N) is 1. The van der Waals surface area contributed by atoms with Crippen LogP contribution in [-0.2, 0) is 6.54 Å². The topological polar surface area (TPSA) is 48.7 Å². The Balaban J connectivity index is 2.21. The molecular formula is C7H8ClN3S. The van der Waals surface area contributed by atoms with E-state index in [4.69, 9.17) is 16.9 Å². The molecule has 0 unspecified atom stereocenters. The maximum Gasteiger partial charge on any atom is 0.113 e. The minimum Gasteiger partial charge on any atom is -0.309 e. The van der Waals surface area contributed by atoms with Crippen LogP contribution in [0.5, 0.6) is 0 Å². The molecule has 1 aromatic rings. The first-order chi connectivity index (χ1) is 5.83. The van der Waals surface area contributed by atoms with Crippen molar-refractivity contribution in [3.8, 4) is 6.07 Å². The predicted molar refractivity (Wildman–Crippen MR) is 49.1 cm³/mol. The molecule has 0 aromatic carbocycles. The Hall–Kier alpha value is -0.630. The third kappa shape index (κ3) is 3.18. The van der Waals surface area contributed by atoms with Gasteiger partial charge in [0, 0.05) is 19.5 Å². The van der Waals surface area contributed by atoms with Crippen LogP contribution in [0.3, 0.4) is 0 Å². The first kappa shape index (κ1) is 9.46. The second-order valence-corrected chi connectivity index (χ2v) is 3.89. The Morgan fingerprint density at radius 1 is 1.75 bits per heavy atom. The number of hydrogen-bond acceptors (Lipinski definition) is 4. The highest BCUT2D eigenvalue weighted by Crippen LogP contribution is 2.17. The molecule has 0 spiro atoms. The molecule has 0 saturated heterocycles. The van der Waals surface area contributed by atoms with E-state index in [0.717, 1.165) is 5.01 Å². The maximum atomic E-state index is 8.24. The molecule has 1 rings (SSSR count). The number of thiazole rings is 1. The summed E-state index contributed by atoms with van der Waals surface area (Å²) in [6, 6.07) is 2.05. The van der Waals surface area contributed by atoms with E-state index in [1.54, 1.807) is 6.20 Å². The van der Waals surface area contributed by atoms with Gasteiger partial charge in [0.2, 0.25) is 0 Å². The summed E-state index contributed by atoms with van der Waals surface area (Å²) in [5, 5.41) is 12.3. The van der Waals surface area contributed by atoms with Gasteiger partial charge in [-0.3, -0.25) is 0 Å². The van der Waals surface area contributed by atoms with Gasteiger partial charge in [-0.05, 0) is 0 Å². The van der Waals surface area contributed by atoms with Crippen LogP contribution in [0.25, 0.3) is 0 Å². The van der Waals surface area contributed by atoms with Gasteiger partial charge in [-0.15, -0.1) is 11.3 Å². The molecule has 5 heteroatoms. The molecule has 0 fully saturated rings. The van der Waals surface area contributed by atoms with Gasteiger partial charge in [0.25, 0.3) is 0 Å². The molecule has 0 amide bonds. The molecule has 3 nitrogen and oxygen atoms in total. The van der Waals surface area contributed by atoms with Crippen molar-refractivity contribution >= 4 is 22.9 Å². The third-order valence-electron chi connectivity index (χ3n) is 1.22. The lowest BCUT2D eigenvalue weighted by molar-refractivity contribution is 0.695. The third-order valence-corrected chi connectivity index (χ3v) is 2.33. The van der Waals surface area contributed by atoms with Crippen molar-refractivity contribution in [3.05, 3.63) is 15.5 Å². The SMILES string of the molecule is N#CCCNCc1ncc(Cl)s1. The fourth-order valence-corrected chi connectivity index (χ4v) is 1.64. The molecule has 0 bridgehead atoms.